The van der Waals surface area contributed by atoms with Crippen molar-refractivity contribution in [3.05, 3.63) is 0 Å². The molecule has 0 aliphatic heterocycles. The molecule has 1 rings (SSSR count). The highest BCUT2D eigenvalue weighted by Gasteiger charge is 2.35. The third-order valence-electron chi connectivity index (χ3n) is 2.78. The zero-order valence-electron chi connectivity index (χ0n) is 7.06. The Morgan fingerprint density at radius 3 is 2.45 bits per heavy atom. The van der Waals surface area contributed by atoms with Gasteiger partial charge in [-0.2, -0.15) is 0 Å². The van der Waals surface area contributed by atoms with E-state index in [4.69, 9.17) is 12.3 Å². The van der Waals surface area contributed by atoms with Crippen LogP contribution in [0.15, 0.2) is 0 Å². The lowest BCUT2D eigenvalue weighted by atomic mass is 9.81. The molecule has 0 radical (unpaired) electrons. The SMILES string of the molecule is C#CC(NN)C1(C)CCCC1. The molecule has 1 aliphatic carbocycles. The molecule has 1 unspecified atom stereocenters. The fourth-order valence-electron chi connectivity index (χ4n) is 1.92. The van der Waals surface area contributed by atoms with Gasteiger partial charge in [-0.05, 0) is 18.3 Å². The van der Waals surface area contributed by atoms with E-state index in [1.54, 1.807) is 0 Å². The molecule has 11 heavy (non-hydrogen) atoms. The van der Waals surface area contributed by atoms with E-state index in [2.05, 4.69) is 18.3 Å². The van der Waals surface area contributed by atoms with E-state index in [1.165, 1.54) is 25.7 Å². The number of rotatable bonds is 2. The van der Waals surface area contributed by atoms with Crippen LogP contribution in [0.25, 0.3) is 0 Å². The summed E-state index contributed by atoms with van der Waals surface area (Å²) < 4.78 is 0. The lowest BCUT2D eigenvalue weighted by molar-refractivity contribution is 0.268. The summed E-state index contributed by atoms with van der Waals surface area (Å²) in [5.41, 5.74) is 2.94. The van der Waals surface area contributed by atoms with E-state index < -0.39 is 0 Å². The van der Waals surface area contributed by atoms with Crippen molar-refractivity contribution >= 4 is 0 Å². The standard InChI is InChI=1S/C9H16N2/c1-3-8(11-10)9(2)6-4-5-7-9/h1,8,11H,4-7,10H2,2H3. The first-order valence-electron chi connectivity index (χ1n) is 4.15. The molecule has 0 aromatic heterocycles. The Morgan fingerprint density at radius 1 is 1.55 bits per heavy atom. The lowest BCUT2D eigenvalue weighted by Gasteiger charge is -2.29. The van der Waals surface area contributed by atoms with Crippen LogP contribution in [-0.4, -0.2) is 6.04 Å². The Hall–Kier alpha value is -0.520. The minimum absolute atomic E-state index is 0.0463. The normalized spacial score (nSPS) is 24.5. The number of hydrogen-bond donors (Lipinski definition) is 2. The van der Waals surface area contributed by atoms with Gasteiger partial charge in [-0.15, -0.1) is 6.42 Å². The molecule has 1 atom stereocenters. The zero-order valence-corrected chi connectivity index (χ0v) is 7.06. The van der Waals surface area contributed by atoms with Gasteiger partial charge in [-0.1, -0.05) is 25.7 Å². The summed E-state index contributed by atoms with van der Waals surface area (Å²) in [7, 11) is 0. The zero-order chi connectivity index (χ0) is 8.32. The fourth-order valence-corrected chi connectivity index (χ4v) is 1.92. The number of nitrogens with two attached hydrogens (primary N) is 1. The molecular formula is C9H16N2. The largest absolute Gasteiger partial charge is 0.270 e. The molecule has 0 heterocycles. The number of nitrogens with one attached hydrogen (secondary N) is 1. The molecule has 0 amide bonds. The van der Waals surface area contributed by atoms with E-state index in [0.29, 0.717) is 0 Å². The Kier molecular flexibility index (Phi) is 2.53. The summed E-state index contributed by atoms with van der Waals surface area (Å²) in [6.07, 6.45) is 10.3. The molecule has 3 N–H and O–H groups in total. The van der Waals surface area contributed by atoms with Gasteiger partial charge in [0.05, 0.1) is 6.04 Å². The van der Waals surface area contributed by atoms with Crippen molar-refractivity contribution in [2.75, 3.05) is 0 Å². The molecule has 1 saturated carbocycles. The second-order valence-corrected chi connectivity index (χ2v) is 3.63. The first kappa shape index (κ1) is 8.58. The molecule has 1 fully saturated rings. The average molecular weight is 152 g/mol. The van der Waals surface area contributed by atoms with Crippen molar-refractivity contribution < 1.29 is 0 Å². The molecule has 0 spiro atoms. The molecular weight excluding hydrogens is 136 g/mol. The quantitative estimate of drug-likeness (QED) is 0.352. The van der Waals surface area contributed by atoms with Crippen LogP contribution in [0.4, 0.5) is 0 Å². The maximum absolute atomic E-state index is 5.36. The topological polar surface area (TPSA) is 38.0 Å². The molecule has 2 nitrogen and oxygen atoms in total. The van der Waals surface area contributed by atoms with Crippen molar-refractivity contribution in [3.8, 4) is 12.3 Å². The average Bonchev–Trinajstić information content (AvgIpc) is 2.39. The van der Waals surface area contributed by atoms with Crippen LogP contribution >= 0.6 is 0 Å². The number of hydrazine groups is 1. The maximum Gasteiger partial charge on any atom is 0.0868 e. The van der Waals surface area contributed by atoms with Crippen LogP contribution in [0.1, 0.15) is 32.6 Å². The smallest absolute Gasteiger partial charge is 0.0868 e. The minimum Gasteiger partial charge on any atom is -0.270 e. The van der Waals surface area contributed by atoms with E-state index in [0.717, 1.165) is 0 Å². The predicted octanol–water partition coefficient (Wildman–Crippen LogP) is 1.03. The summed E-state index contributed by atoms with van der Waals surface area (Å²) >= 11 is 0. The van der Waals surface area contributed by atoms with Gasteiger partial charge in [0.25, 0.3) is 0 Å². The van der Waals surface area contributed by atoms with Crippen molar-refractivity contribution in [2.24, 2.45) is 11.3 Å². The highest BCUT2D eigenvalue weighted by Crippen LogP contribution is 2.39. The van der Waals surface area contributed by atoms with Gasteiger partial charge < -0.3 is 0 Å². The van der Waals surface area contributed by atoms with E-state index in [1.807, 2.05) is 0 Å². The minimum atomic E-state index is 0.0463. The number of hydrogen-bond acceptors (Lipinski definition) is 2. The number of terminal acetylenes is 1. The fraction of sp³-hybridized carbons (Fsp3) is 0.778. The molecule has 62 valence electrons. The Morgan fingerprint density at radius 2 is 2.09 bits per heavy atom. The monoisotopic (exact) mass is 152 g/mol. The summed E-state index contributed by atoms with van der Waals surface area (Å²) in [6, 6.07) is 0.0463. The first-order chi connectivity index (χ1) is 5.23. The second-order valence-electron chi connectivity index (χ2n) is 3.63. The van der Waals surface area contributed by atoms with Gasteiger partial charge >= 0.3 is 0 Å². The third kappa shape index (κ3) is 1.55. The molecule has 0 aromatic rings. The second kappa shape index (κ2) is 3.25. The Labute approximate surface area is 68.5 Å². The van der Waals surface area contributed by atoms with Crippen LogP contribution in [-0.2, 0) is 0 Å². The molecule has 1 aliphatic rings. The summed E-state index contributed by atoms with van der Waals surface area (Å²) in [5.74, 6) is 8.05. The van der Waals surface area contributed by atoms with Crippen molar-refractivity contribution in [3.63, 3.8) is 0 Å². The van der Waals surface area contributed by atoms with Crippen LogP contribution in [0.2, 0.25) is 0 Å². The summed E-state index contributed by atoms with van der Waals surface area (Å²) in [6.45, 7) is 2.21. The first-order valence-corrected chi connectivity index (χ1v) is 4.15. The van der Waals surface area contributed by atoms with Gasteiger partial charge in [0.2, 0.25) is 0 Å². The van der Waals surface area contributed by atoms with Crippen molar-refractivity contribution in [1.29, 1.82) is 0 Å². The van der Waals surface area contributed by atoms with Crippen LogP contribution in [0.5, 0.6) is 0 Å². The Bertz CT molecular complexity index is 163. The third-order valence-corrected chi connectivity index (χ3v) is 2.78. The molecule has 0 saturated heterocycles. The Balaban J connectivity index is 2.62. The van der Waals surface area contributed by atoms with Crippen LogP contribution in [0.3, 0.4) is 0 Å². The van der Waals surface area contributed by atoms with Gasteiger partial charge in [-0.3, -0.25) is 5.84 Å². The molecule has 2 heteroatoms. The van der Waals surface area contributed by atoms with Crippen molar-refractivity contribution in [2.45, 2.75) is 38.6 Å². The lowest BCUT2D eigenvalue weighted by Crippen LogP contribution is -2.44. The van der Waals surface area contributed by atoms with Gasteiger partial charge in [0.15, 0.2) is 0 Å². The summed E-state index contributed by atoms with van der Waals surface area (Å²) in [5, 5.41) is 0. The van der Waals surface area contributed by atoms with E-state index in [-0.39, 0.29) is 11.5 Å². The van der Waals surface area contributed by atoms with E-state index in [9.17, 15) is 0 Å². The van der Waals surface area contributed by atoms with Gasteiger partial charge in [-0.25, -0.2) is 5.43 Å². The van der Waals surface area contributed by atoms with Gasteiger partial charge in [0.1, 0.15) is 0 Å². The van der Waals surface area contributed by atoms with Crippen LogP contribution in [0, 0.1) is 17.8 Å². The van der Waals surface area contributed by atoms with Crippen molar-refractivity contribution in [1.82, 2.24) is 5.43 Å². The van der Waals surface area contributed by atoms with E-state index >= 15 is 0 Å². The summed E-state index contributed by atoms with van der Waals surface area (Å²) in [4.78, 5) is 0. The highest BCUT2D eigenvalue weighted by atomic mass is 15.2. The highest BCUT2D eigenvalue weighted by molar-refractivity contribution is 5.07. The molecule has 0 bridgehead atoms. The molecule has 0 aromatic carbocycles. The predicted molar refractivity (Wildman–Crippen MR) is 46.5 cm³/mol. The van der Waals surface area contributed by atoms with Crippen LogP contribution < -0.4 is 11.3 Å². The van der Waals surface area contributed by atoms with Gasteiger partial charge in [0, 0.05) is 0 Å². The maximum atomic E-state index is 5.36.